The highest BCUT2D eigenvalue weighted by Crippen LogP contribution is 2.12. The molecule has 19 heavy (non-hydrogen) atoms. The number of hydrogen-bond donors (Lipinski definition) is 2. The summed E-state index contributed by atoms with van der Waals surface area (Å²) in [6.07, 6.45) is 3.11. The molecule has 0 aliphatic carbocycles. The van der Waals surface area contributed by atoms with Gasteiger partial charge in [0.1, 0.15) is 6.61 Å². The third-order valence-corrected chi connectivity index (χ3v) is 2.54. The minimum Gasteiger partial charge on any atom is -0.480 e. The summed E-state index contributed by atoms with van der Waals surface area (Å²) >= 11 is 3.34. The Labute approximate surface area is 119 Å². The summed E-state index contributed by atoms with van der Waals surface area (Å²) in [5, 5.41) is 10.9. The molecule has 0 unspecified atom stereocenters. The summed E-state index contributed by atoms with van der Waals surface area (Å²) in [5.41, 5.74) is 0.909. The second-order valence-electron chi connectivity index (χ2n) is 3.63. The lowest BCUT2D eigenvalue weighted by atomic mass is 10.2. The number of benzene rings is 1. The quantitative estimate of drug-likeness (QED) is 0.590. The fraction of sp³-hybridized carbons (Fsp3) is 0.231. The Hall–Kier alpha value is -1.66. The van der Waals surface area contributed by atoms with Crippen molar-refractivity contribution in [2.75, 3.05) is 19.8 Å². The lowest BCUT2D eigenvalue weighted by Gasteiger charge is -2.02. The van der Waals surface area contributed by atoms with E-state index in [0.717, 1.165) is 10.0 Å². The number of rotatable bonds is 7. The Balaban J connectivity index is 2.25. The van der Waals surface area contributed by atoms with Gasteiger partial charge in [-0.15, -0.1) is 0 Å². The average molecular weight is 328 g/mol. The number of carboxylic acids is 1. The zero-order valence-corrected chi connectivity index (χ0v) is 11.7. The topological polar surface area (TPSA) is 75.6 Å². The van der Waals surface area contributed by atoms with Gasteiger partial charge in [-0.3, -0.25) is 4.79 Å². The normalized spacial score (nSPS) is 10.6. The van der Waals surface area contributed by atoms with Gasteiger partial charge in [-0.2, -0.15) is 0 Å². The van der Waals surface area contributed by atoms with Crippen molar-refractivity contribution in [2.45, 2.75) is 0 Å². The number of nitrogens with one attached hydrogen (secondary N) is 1. The molecule has 6 heteroatoms. The van der Waals surface area contributed by atoms with Crippen LogP contribution >= 0.6 is 15.9 Å². The van der Waals surface area contributed by atoms with Crippen molar-refractivity contribution < 1.29 is 19.4 Å². The molecule has 0 aliphatic heterocycles. The summed E-state index contributed by atoms with van der Waals surface area (Å²) in [4.78, 5) is 21.6. The highest BCUT2D eigenvalue weighted by Gasteiger charge is 1.98. The number of ether oxygens (including phenoxy) is 1. The molecule has 0 spiro atoms. The van der Waals surface area contributed by atoms with Crippen LogP contribution in [0.15, 0.2) is 34.8 Å². The molecule has 1 rings (SSSR count). The predicted octanol–water partition coefficient (Wildman–Crippen LogP) is 1.68. The second-order valence-corrected chi connectivity index (χ2v) is 4.54. The van der Waals surface area contributed by atoms with Crippen molar-refractivity contribution in [3.63, 3.8) is 0 Å². The third kappa shape index (κ3) is 7.38. The zero-order valence-electron chi connectivity index (χ0n) is 10.1. The number of halogens is 1. The van der Waals surface area contributed by atoms with Crippen molar-refractivity contribution in [3.8, 4) is 0 Å². The van der Waals surface area contributed by atoms with Crippen LogP contribution in [-0.2, 0) is 14.3 Å². The molecular formula is C13H14BrNO4. The molecule has 2 N–H and O–H groups in total. The van der Waals surface area contributed by atoms with Crippen LogP contribution in [0.5, 0.6) is 0 Å². The molecule has 5 nitrogen and oxygen atoms in total. The molecular weight excluding hydrogens is 314 g/mol. The van der Waals surface area contributed by atoms with E-state index in [1.54, 1.807) is 6.08 Å². The molecule has 0 aliphatic rings. The van der Waals surface area contributed by atoms with Gasteiger partial charge in [-0.1, -0.05) is 28.1 Å². The molecule has 0 saturated heterocycles. The number of aliphatic carboxylic acids is 1. The van der Waals surface area contributed by atoms with Gasteiger partial charge in [0.2, 0.25) is 5.91 Å². The van der Waals surface area contributed by atoms with E-state index in [0.29, 0.717) is 0 Å². The molecule has 0 radical (unpaired) electrons. The smallest absolute Gasteiger partial charge is 0.329 e. The highest BCUT2D eigenvalue weighted by molar-refractivity contribution is 9.10. The predicted molar refractivity (Wildman–Crippen MR) is 74.6 cm³/mol. The summed E-state index contributed by atoms with van der Waals surface area (Å²) in [7, 11) is 0. The number of carbonyl (C=O) groups excluding carboxylic acids is 1. The summed E-state index contributed by atoms with van der Waals surface area (Å²) in [6.45, 7) is 0.0848. The fourth-order valence-corrected chi connectivity index (χ4v) is 1.66. The van der Waals surface area contributed by atoms with Crippen molar-refractivity contribution in [1.82, 2.24) is 5.32 Å². The maximum Gasteiger partial charge on any atom is 0.329 e. The summed E-state index contributed by atoms with van der Waals surface area (Å²) < 4.78 is 5.72. The first-order valence-corrected chi connectivity index (χ1v) is 6.38. The molecule has 0 atom stereocenters. The van der Waals surface area contributed by atoms with E-state index < -0.39 is 5.97 Å². The monoisotopic (exact) mass is 327 g/mol. The van der Waals surface area contributed by atoms with Gasteiger partial charge in [-0.05, 0) is 23.8 Å². The molecule has 102 valence electrons. The number of hydrogen-bond acceptors (Lipinski definition) is 3. The number of carboxylic acid groups (broad SMARTS) is 1. The van der Waals surface area contributed by atoms with Crippen molar-refractivity contribution in [1.29, 1.82) is 0 Å². The van der Waals surface area contributed by atoms with Gasteiger partial charge in [0, 0.05) is 17.1 Å². The SMILES string of the molecule is O=C(O)COCCNC(=O)C=Cc1cccc(Br)c1. The van der Waals surface area contributed by atoms with Gasteiger partial charge in [0.05, 0.1) is 6.61 Å². The number of carbonyl (C=O) groups is 2. The van der Waals surface area contributed by atoms with Gasteiger partial charge in [-0.25, -0.2) is 4.79 Å². The lowest BCUT2D eigenvalue weighted by Crippen LogP contribution is -2.26. The zero-order chi connectivity index (χ0) is 14.1. The largest absolute Gasteiger partial charge is 0.480 e. The highest BCUT2D eigenvalue weighted by atomic mass is 79.9. The standard InChI is InChI=1S/C13H14BrNO4/c14-11-3-1-2-10(8-11)4-5-12(16)15-6-7-19-9-13(17)18/h1-5,8H,6-7,9H2,(H,15,16)(H,17,18). The maximum absolute atomic E-state index is 11.4. The van der Waals surface area contributed by atoms with E-state index in [2.05, 4.69) is 21.2 Å². The van der Waals surface area contributed by atoms with Crippen LogP contribution in [0, 0.1) is 0 Å². The first-order valence-electron chi connectivity index (χ1n) is 5.59. The first kappa shape index (κ1) is 15.4. The van der Waals surface area contributed by atoms with Crippen LogP contribution in [0.1, 0.15) is 5.56 Å². The van der Waals surface area contributed by atoms with Gasteiger partial charge < -0.3 is 15.2 Å². The molecule has 1 amide bonds. The van der Waals surface area contributed by atoms with E-state index in [9.17, 15) is 9.59 Å². The van der Waals surface area contributed by atoms with Gasteiger partial charge in [0.25, 0.3) is 0 Å². The Morgan fingerprint density at radius 1 is 1.42 bits per heavy atom. The molecule has 1 aromatic rings. The maximum atomic E-state index is 11.4. The number of amides is 1. The van der Waals surface area contributed by atoms with Crippen LogP contribution < -0.4 is 5.32 Å². The van der Waals surface area contributed by atoms with Crippen molar-refractivity contribution >= 4 is 33.9 Å². The second kappa shape index (κ2) is 8.44. The van der Waals surface area contributed by atoms with Crippen LogP contribution in [0.4, 0.5) is 0 Å². The first-order chi connectivity index (χ1) is 9.08. The summed E-state index contributed by atoms with van der Waals surface area (Å²) in [5.74, 6) is -1.28. The molecule has 0 bridgehead atoms. The van der Waals surface area contributed by atoms with Gasteiger partial charge in [0.15, 0.2) is 0 Å². The van der Waals surface area contributed by atoms with Crippen molar-refractivity contribution in [2.24, 2.45) is 0 Å². The molecule has 0 heterocycles. The van der Waals surface area contributed by atoms with E-state index >= 15 is 0 Å². The van der Waals surface area contributed by atoms with Crippen LogP contribution in [-0.4, -0.2) is 36.7 Å². The molecule has 0 fully saturated rings. The average Bonchev–Trinajstić information content (AvgIpc) is 2.35. The van der Waals surface area contributed by atoms with Crippen LogP contribution in [0.3, 0.4) is 0 Å². The Morgan fingerprint density at radius 3 is 2.89 bits per heavy atom. The van der Waals surface area contributed by atoms with Crippen LogP contribution in [0.2, 0.25) is 0 Å². The molecule has 1 aromatic carbocycles. The van der Waals surface area contributed by atoms with E-state index in [-0.39, 0.29) is 25.7 Å². The van der Waals surface area contributed by atoms with E-state index in [1.165, 1.54) is 6.08 Å². The van der Waals surface area contributed by atoms with Gasteiger partial charge >= 0.3 is 5.97 Å². The van der Waals surface area contributed by atoms with Crippen LogP contribution in [0.25, 0.3) is 6.08 Å². The summed E-state index contributed by atoms with van der Waals surface area (Å²) in [6, 6.07) is 7.54. The minimum atomic E-state index is -1.03. The van der Waals surface area contributed by atoms with E-state index in [4.69, 9.17) is 9.84 Å². The van der Waals surface area contributed by atoms with Crippen molar-refractivity contribution in [3.05, 3.63) is 40.4 Å². The fourth-order valence-electron chi connectivity index (χ4n) is 1.25. The Bertz CT molecular complexity index is 473. The Morgan fingerprint density at radius 2 is 2.21 bits per heavy atom. The van der Waals surface area contributed by atoms with E-state index in [1.807, 2.05) is 24.3 Å². The minimum absolute atomic E-state index is 0.169. The molecule has 0 aromatic heterocycles. The third-order valence-electron chi connectivity index (χ3n) is 2.05. The Kier molecular flexibility index (Phi) is 6.84. The molecule has 0 saturated carbocycles. The lowest BCUT2D eigenvalue weighted by molar-refractivity contribution is -0.142.